The molecule has 0 spiro atoms. The van der Waals surface area contributed by atoms with Gasteiger partial charge in [-0.05, 0) is 56.9 Å². The first-order valence-corrected chi connectivity index (χ1v) is 10.7. The SMILES string of the molecule is CC(C)(C)OC(=O)N1CCc2cc3c(cc2CC1)N(Cc1cscn1)C(=O)CO3. The summed E-state index contributed by atoms with van der Waals surface area (Å²) in [6, 6.07) is 4.05. The third-order valence-electron chi connectivity index (χ3n) is 4.98. The first-order valence-electron chi connectivity index (χ1n) is 9.74. The number of hydrogen-bond acceptors (Lipinski definition) is 6. The Morgan fingerprint density at radius 1 is 1.24 bits per heavy atom. The van der Waals surface area contributed by atoms with Crippen molar-refractivity contribution in [2.75, 3.05) is 24.6 Å². The maximum absolute atomic E-state index is 12.5. The second-order valence-electron chi connectivity index (χ2n) is 8.30. The molecule has 0 saturated carbocycles. The molecule has 7 nitrogen and oxygen atoms in total. The average Bonchev–Trinajstić information content (AvgIpc) is 3.07. The number of rotatable bonds is 2. The Balaban J connectivity index is 1.56. The summed E-state index contributed by atoms with van der Waals surface area (Å²) in [6.45, 7) is 7.26. The van der Waals surface area contributed by atoms with Gasteiger partial charge in [-0.1, -0.05) is 0 Å². The minimum absolute atomic E-state index is 0.0277. The van der Waals surface area contributed by atoms with Crippen LogP contribution in [0.2, 0.25) is 0 Å². The van der Waals surface area contributed by atoms with E-state index >= 15 is 0 Å². The number of thiazole rings is 1. The van der Waals surface area contributed by atoms with E-state index in [1.807, 2.05) is 38.3 Å². The van der Waals surface area contributed by atoms with Crippen LogP contribution in [0.3, 0.4) is 0 Å². The fourth-order valence-electron chi connectivity index (χ4n) is 3.58. The average molecular weight is 416 g/mol. The minimum atomic E-state index is -0.514. The summed E-state index contributed by atoms with van der Waals surface area (Å²) in [7, 11) is 0. The minimum Gasteiger partial charge on any atom is -0.482 e. The van der Waals surface area contributed by atoms with Crippen LogP contribution in [0.4, 0.5) is 10.5 Å². The lowest BCUT2D eigenvalue weighted by Crippen LogP contribution is -2.38. The molecular formula is C21H25N3O4S. The van der Waals surface area contributed by atoms with Crippen LogP contribution in [0.15, 0.2) is 23.0 Å². The summed E-state index contributed by atoms with van der Waals surface area (Å²) in [6.07, 6.45) is 1.15. The summed E-state index contributed by atoms with van der Waals surface area (Å²) in [5, 5.41) is 1.95. The number of carbonyl (C=O) groups is 2. The van der Waals surface area contributed by atoms with Gasteiger partial charge in [0.25, 0.3) is 5.91 Å². The van der Waals surface area contributed by atoms with Crippen molar-refractivity contribution in [3.8, 4) is 5.75 Å². The zero-order valence-corrected chi connectivity index (χ0v) is 17.8. The van der Waals surface area contributed by atoms with E-state index in [0.29, 0.717) is 31.8 Å². The zero-order valence-electron chi connectivity index (χ0n) is 16.9. The van der Waals surface area contributed by atoms with E-state index in [9.17, 15) is 9.59 Å². The van der Waals surface area contributed by atoms with Crippen LogP contribution >= 0.6 is 11.3 Å². The highest BCUT2D eigenvalue weighted by Crippen LogP contribution is 2.37. The highest BCUT2D eigenvalue weighted by molar-refractivity contribution is 7.07. The number of ether oxygens (including phenoxy) is 2. The molecule has 0 radical (unpaired) electrons. The van der Waals surface area contributed by atoms with Gasteiger partial charge in [0.05, 0.1) is 23.4 Å². The van der Waals surface area contributed by atoms with Gasteiger partial charge in [-0.15, -0.1) is 11.3 Å². The Bertz CT molecular complexity index is 921. The van der Waals surface area contributed by atoms with Crippen LogP contribution in [0, 0.1) is 0 Å². The van der Waals surface area contributed by atoms with Crippen LogP contribution in [0.1, 0.15) is 37.6 Å². The molecule has 2 amide bonds. The maximum Gasteiger partial charge on any atom is 0.410 e. The molecule has 29 heavy (non-hydrogen) atoms. The Kier molecular flexibility index (Phi) is 5.21. The van der Waals surface area contributed by atoms with Crippen molar-refractivity contribution in [3.05, 3.63) is 39.8 Å². The molecule has 0 atom stereocenters. The van der Waals surface area contributed by atoms with Gasteiger partial charge in [0.2, 0.25) is 0 Å². The molecule has 1 aromatic heterocycles. The third kappa shape index (κ3) is 4.37. The van der Waals surface area contributed by atoms with E-state index in [1.165, 1.54) is 11.3 Å². The molecule has 8 heteroatoms. The number of hydrogen-bond donors (Lipinski definition) is 0. The lowest BCUT2D eigenvalue weighted by atomic mass is 10.0. The predicted octanol–water partition coefficient (Wildman–Crippen LogP) is 3.40. The molecule has 0 unspecified atom stereocenters. The third-order valence-corrected chi connectivity index (χ3v) is 5.62. The van der Waals surface area contributed by atoms with Crippen molar-refractivity contribution in [2.24, 2.45) is 0 Å². The van der Waals surface area contributed by atoms with Gasteiger partial charge in [0.15, 0.2) is 6.61 Å². The summed E-state index contributed by atoms with van der Waals surface area (Å²) in [5.74, 6) is 0.638. The molecular weight excluding hydrogens is 390 g/mol. The lowest BCUT2D eigenvalue weighted by molar-refractivity contribution is -0.121. The zero-order chi connectivity index (χ0) is 20.6. The van der Waals surface area contributed by atoms with Crippen molar-refractivity contribution in [1.82, 2.24) is 9.88 Å². The van der Waals surface area contributed by atoms with Crippen LogP contribution in [0.5, 0.6) is 5.75 Å². The number of fused-ring (bicyclic) bond motifs is 2. The number of aromatic nitrogens is 1. The summed E-state index contributed by atoms with van der Waals surface area (Å²) < 4.78 is 11.2. The number of nitrogens with zero attached hydrogens (tertiary/aromatic N) is 3. The van der Waals surface area contributed by atoms with Crippen molar-refractivity contribution in [1.29, 1.82) is 0 Å². The number of benzene rings is 1. The molecule has 2 aliphatic rings. The Hall–Kier alpha value is -2.61. The van der Waals surface area contributed by atoms with E-state index in [0.717, 1.165) is 28.9 Å². The second kappa shape index (κ2) is 7.67. The van der Waals surface area contributed by atoms with E-state index in [1.54, 1.807) is 15.3 Å². The van der Waals surface area contributed by atoms with E-state index in [-0.39, 0.29) is 18.6 Å². The Morgan fingerprint density at radius 3 is 2.62 bits per heavy atom. The standard InChI is InChI=1S/C21H25N3O4S/c1-21(2,3)28-20(26)23-6-4-14-8-17-18(9-15(14)5-7-23)27-11-19(25)24(17)10-16-12-29-13-22-16/h8-9,12-13H,4-7,10-11H2,1-3H3. The summed E-state index contributed by atoms with van der Waals surface area (Å²) in [4.78, 5) is 32.8. The van der Waals surface area contributed by atoms with Crippen LogP contribution < -0.4 is 9.64 Å². The van der Waals surface area contributed by atoms with Crippen molar-refractivity contribution >= 4 is 29.0 Å². The first-order chi connectivity index (χ1) is 13.8. The van der Waals surface area contributed by atoms with Gasteiger partial charge >= 0.3 is 6.09 Å². The monoisotopic (exact) mass is 415 g/mol. The smallest absolute Gasteiger partial charge is 0.410 e. The molecule has 2 aromatic rings. The second-order valence-corrected chi connectivity index (χ2v) is 9.02. The molecule has 0 saturated heterocycles. The predicted molar refractivity (Wildman–Crippen MR) is 110 cm³/mol. The van der Waals surface area contributed by atoms with Gasteiger partial charge in [-0.2, -0.15) is 0 Å². The van der Waals surface area contributed by atoms with Crippen molar-refractivity contribution in [3.63, 3.8) is 0 Å². The van der Waals surface area contributed by atoms with Crippen molar-refractivity contribution < 1.29 is 19.1 Å². The number of amides is 2. The quantitative estimate of drug-likeness (QED) is 0.752. The van der Waals surface area contributed by atoms with E-state index in [4.69, 9.17) is 9.47 Å². The number of anilines is 1. The highest BCUT2D eigenvalue weighted by Gasteiger charge is 2.29. The molecule has 1 aromatic carbocycles. The largest absolute Gasteiger partial charge is 0.482 e. The van der Waals surface area contributed by atoms with Gasteiger partial charge in [-0.25, -0.2) is 9.78 Å². The maximum atomic E-state index is 12.5. The molecule has 0 bridgehead atoms. The van der Waals surface area contributed by atoms with Crippen molar-refractivity contribution in [2.45, 2.75) is 45.8 Å². The fourth-order valence-corrected chi connectivity index (χ4v) is 4.13. The Morgan fingerprint density at radius 2 is 1.97 bits per heavy atom. The van der Waals surface area contributed by atoms with E-state index < -0.39 is 5.60 Å². The molecule has 4 rings (SSSR count). The van der Waals surface area contributed by atoms with Crippen LogP contribution in [-0.2, 0) is 28.9 Å². The molecule has 0 aliphatic carbocycles. The van der Waals surface area contributed by atoms with Gasteiger partial charge < -0.3 is 14.4 Å². The fraction of sp³-hybridized carbons (Fsp3) is 0.476. The first kappa shape index (κ1) is 19.7. The molecule has 3 heterocycles. The number of carbonyl (C=O) groups excluding carboxylic acids is 2. The van der Waals surface area contributed by atoms with Crippen LogP contribution in [0.25, 0.3) is 0 Å². The lowest BCUT2D eigenvalue weighted by Gasteiger charge is -2.30. The molecule has 0 N–H and O–H groups in total. The summed E-state index contributed by atoms with van der Waals surface area (Å²) >= 11 is 1.51. The topological polar surface area (TPSA) is 72.0 Å². The van der Waals surface area contributed by atoms with Crippen LogP contribution in [-0.4, -0.2) is 47.2 Å². The van der Waals surface area contributed by atoms with Gasteiger partial charge in [0, 0.05) is 18.5 Å². The summed E-state index contributed by atoms with van der Waals surface area (Å²) in [5.41, 5.74) is 5.18. The van der Waals surface area contributed by atoms with Gasteiger partial charge in [0.1, 0.15) is 11.4 Å². The molecule has 0 fully saturated rings. The molecule has 2 aliphatic heterocycles. The van der Waals surface area contributed by atoms with Gasteiger partial charge in [-0.3, -0.25) is 9.69 Å². The highest BCUT2D eigenvalue weighted by atomic mass is 32.1. The Labute approximate surface area is 174 Å². The molecule has 154 valence electrons. The normalized spacial score (nSPS) is 16.6. The van der Waals surface area contributed by atoms with E-state index in [2.05, 4.69) is 4.98 Å².